The number of pyridine rings is 2. The molecule has 0 radical (unpaired) electrons. The van der Waals surface area contributed by atoms with Crippen molar-refractivity contribution in [1.29, 1.82) is 0 Å². The van der Waals surface area contributed by atoms with Gasteiger partial charge in [-0.25, -0.2) is 18.2 Å². The molecule has 242 valence electrons. The van der Waals surface area contributed by atoms with E-state index in [1.54, 1.807) is 0 Å². The van der Waals surface area contributed by atoms with E-state index in [1.165, 1.54) is 33.2 Å². The first kappa shape index (κ1) is 32.5. The summed E-state index contributed by atoms with van der Waals surface area (Å²) in [7, 11) is 2.57. The van der Waals surface area contributed by atoms with E-state index < -0.39 is 59.1 Å². The maximum Gasteiger partial charge on any atom is 0.424 e. The van der Waals surface area contributed by atoms with Gasteiger partial charge in [-0.3, -0.25) is 14.6 Å². The molecule has 1 aliphatic heterocycles. The molecule has 0 spiro atoms. The molecule has 0 saturated heterocycles. The number of nitrogens with one attached hydrogen (secondary N) is 2. The zero-order valence-corrected chi connectivity index (χ0v) is 24.4. The molecule has 2 amide bonds. The lowest BCUT2D eigenvalue weighted by molar-refractivity contribution is -0.265. The van der Waals surface area contributed by atoms with Crippen molar-refractivity contribution in [3.05, 3.63) is 82.9 Å². The van der Waals surface area contributed by atoms with Gasteiger partial charge in [0.1, 0.15) is 40.5 Å². The van der Waals surface area contributed by atoms with E-state index in [-0.39, 0.29) is 51.4 Å². The summed E-state index contributed by atoms with van der Waals surface area (Å²) in [6.45, 7) is -0.280. The van der Waals surface area contributed by atoms with E-state index in [2.05, 4.69) is 20.6 Å². The van der Waals surface area contributed by atoms with Crippen LogP contribution >= 0.6 is 0 Å². The fourth-order valence-electron chi connectivity index (χ4n) is 5.15. The van der Waals surface area contributed by atoms with Gasteiger partial charge in [0.15, 0.2) is 0 Å². The van der Waals surface area contributed by atoms with Crippen LogP contribution in [0.5, 0.6) is 11.5 Å². The number of likely N-dealkylation sites (N-methyl/N-ethyl adjacent to an activating group) is 1. The van der Waals surface area contributed by atoms with E-state index in [9.17, 15) is 41.0 Å². The molecule has 46 heavy (non-hydrogen) atoms. The van der Waals surface area contributed by atoms with Crippen LogP contribution in [0.25, 0.3) is 22.2 Å². The quantitative estimate of drug-likeness (QED) is 0.231. The Morgan fingerprint density at radius 3 is 2.43 bits per heavy atom. The number of carbonyl (C=O) groups is 2. The van der Waals surface area contributed by atoms with Gasteiger partial charge in [0.25, 0.3) is 12.3 Å². The lowest BCUT2D eigenvalue weighted by Crippen LogP contribution is -2.52. The molecule has 15 heteroatoms. The number of benzene rings is 2. The van der Waals surface area contributed by atoms with E-state index in [1.807, 2.05) is 0 Å². The summed E-state index contributed by atoms with van der Waals surface area (Å²) >= 11 is 0. The van der Waals surface area contributed by atoms with Crippen LogP contribution < -0.4 is 20.1 Å². The molecule has 5 rings (SSSR count). The van der Waals surface area contributed by atoms with E-state index in [0.717, 1.165) is 42.6 Å². The minimum absolute atomic E-state index is 0.00716. The van der Waals surface area contributed by atoms with Gasteiger partial charge < -0.3 is 25.2 Å². The third-order valence-corrected chi connectivity index (χ3v) is 7.82. The Balaban J connectivity index is 1.59. The Bertz CT molecular complexity index is 1840. The number of fused-ring (bicyclic) bond motifs is 2. The molecule has 3 N–H and O–H groups in total. The lowest BCUT2D eigenvalue weighted by Gasteiger charge is -2.31. The van der Waals surface area contributed by atoms with Crippen molar-refractivity contribution >= 4 is 22.7 Å². The smallest absolute Gasteiger partial charge is 0.424 e. The Morgan fingerprint density at radius 2 is 1.83 bits per heavy atom. The summed E-state index contributed by atoms with van der Waals surface area (Å²) in [4.78, 5) is 34.1. The number of hydrogen-bond acceptors (Lipinski definition) is 7. The van der Waals surface area contributed by atoms with Crippen LogP contribution in [0.15, 0.2) is 54.7 Å². The number of halogens is 6. The first-order valence-electron chi connectivity index (χ1n) is 13.6. The van der Waals surface area contributed by atoms with Gasteiger partial charge >= 0.3 is 6.18 Å². The van der Waals surface area contributed by atoms with Gasteiger partial charge in [-0.1, -0.05) is 0 Å². The van der Waals surface area contributed by atoms with Crippen LogP contribution in [0, 0.1) is 5.82 Å². The zero-order chi connectivity index (χ0) is 33.6. The molecule has 0 fully saturated rings. The third-order valence-electron chi connectivity index (χ3n) is 7.82. The monoisotopic (exact) mass is 648 g/mol. The maximum absolute atomic E-state index is 14.7. The second-order valence-corrected chi connectivity index (χ2v) is 10.8. The second-order valence-electron chi connectivity index (χ2n) is 10.8. The highest BCUT2D eigenvalue weighted by atomic mass is 19.4. The molecule has 3 heterocycles. The fraction of sp³-hybridized carbons (Fsp3) is 0.290. The molecule has 2 unspecified atom stereocenters. The van der Waals surface area contributed by atoms with Crippen LogP contribution in [-0.4, -0.2) is 60.4 Å². The van der Waals surface area contributed by atoms with Crippen molar-refractivity contribution in [3.63, 3.8) is 0 Å². The van der Waals surface area contributed by atoms with Crippen LogP contribution in [0.3, 0.4) is 0 Å². The number of ether oxygens (including phenoxy) is 2. The zero-order valence-electron chi connectivity index (χ0n) is 24.4. The molecule has 1 aliphatic rings. The average Bonchev–Trinajstić information content (AvgIpc) is 3.38. The highest BCUT2D eigenvalue weighted by molar-refractivity contribution is 6.00. The predicted molar refractivity (Wildman–Crippen MR) is 152 cm³/mol. The molecule has 0 saturated carbocycles. The van der Waals surface area contributed by atoms with Gasteiger partial charge in [-0.15, -0.1) is 0 Å². The Morgan fingerprint density at radius 1 is 1.13 bits per heavy atom. The standard InChI is InChI=1S/C31H26F6N4O5/c1-29(28(43)38-2)14-46-25-20(29)11-22(41-24(25)15-4-6-19(32)7-5-15)30(44,31(35,36)37)13-40-27(42)17-8-16-9-18(26(33)34)12-39-23(16)21(10-17)45-3/h4-12,26,44H,13-14H2,1-3H3,(H,38,43)(H,40,42). The number of hydrogen-bond donors (Lipinski definition) is 3. The van der Waals surface area contributed by atoms with Crippen LogP contribution in [0.1, 0.15) is 40.5 Å². The van der Waals surface area contributed by atoms with Crippen molar-refractivity contribution in [2.75, 3.05) is 27.3 Å². The number of nitrogens with zero attached hydrogens (tertiary/aromatic N) is 2. The summed E-state index contributed by atoms with van der Waals surface area (Å²) in [6.07, 6.45) is -7.37. The molecular weight excluding hydrogens is 622 g/mol. The topological polar surface area (TPSA) is 123 Å². The fourth-order valence-corrected chi connectivity index (χ4v) is 5.15. The largest absolute Gasteiger partial charge is 0.494 e. The summed E-state index contributed by atoms with van der Waals surface area (Å²) in [6, 6.07) is 8.85. The molecule has 2 aromatic carbocycles. The van der Waals surface area contributed by atoms with Crippen LogP contribution in [-0.2, 0) is 15.8 Å². The summed E-state index contributed by atoms with van der Waals surface area (Å²) < 4.78 is 95.4. The van der Waals surface area contributed by atoms with Crippen molar-refractivity contribution in [1.82, 2.24) is 20.6 Å². The first-order valence-corrected chi connectivity index (χ1v) is 13.6. The first-order chi connectivity index (χ1) is 21.6. The van der Waals surface area contributed by atoms with E-state index in [4.69, 9.17) is 9.47 Å². The highest BCUT2D eigenvalue weighted by Crippen LogP contribution is 2.48. The van der Waals surface area contributed by atoms with Gasteiger partial charge in [0.05, 0.1) is 19.3 Å². The van der Waals surface area contributed by atoms with Gasteiger partial charge in [0.2, 0.25) is 11.5 Å². The van der Waals surface area contributed by atoms with E-state index >= 15 is 0 Å². The Hall–Kier alpha value is -4.92. The van der Waals surface area contributed by atoms with Gasteiger partial charge in [-0.05, 0) is 55.5 Å². The number of alkyl halides is 5. The Labute approximate surface area is 257 Å². The van der Waals surface area contributed by atoms with Crippen LogP contribution in [0.2, 0.25) is 0 Å². The molecule has 2 aromatic heterocycles. The third kappa shape index (κ3) is 5.55. The Kier molecular flexibility index (Phi) is 8.32. The van der Waals surface area contributed by atoms with Crippen molar-refractivity contribution in [2.24, 2.45) is 0 Å². The predicted octanol–water partition coefficient (Wildman–Crippen LogP) is 4.96. The lowest BCUT2D eigenvalue weighted by atomic mass is 9.81. The molecule has 2 atom stereocenters. The maximum atomic E-state index is 14.7. The number of carbonyl (C=O) groups excluding carboxylic acids is 2. The number of rotatable bonds is 8. The molecule has 0 bridgehead atoms. The van der Waals surface area contributed by atoms with Gasteiger partial charge in [0, 0.05) is 40.9 Å². The molecular formula is C31H26F6N4O5. The highest BCUT2D eigenvalue weighted by Gasteiger charge is 2.57. The number of methoxy groups -OCH3 is 1. The molecule has 0 aliphatic carbocycles. The number of aliphatic hydroxyl groups is 1. The summed E-state index contributed by atoms with van der Waals surface area (Å²) in [5.74, 6) is -2.37. The minimum atomic E-state index is -5.43. The van der Waals surface area contributed by atoms with E-state index in [0.29, 0.717) is 0 Å². The minimum Gasteiger partial charge on any atom is -0.494 e. The van der Waals surface area contributed by atoms with Gasteiger partial charge in [-0.2, -0.15) is 13.2 Å². The SMILES string of the molecule is CNC(=O)C1(C)COc2c1cc(C(O)(CNC(=O)c1cc(OC)c3ncc(C(F)F)cc3c1)C(F)(F)F)nc2-c1ccc(F)cc1. The molecule has 9 nitrogen and oxygen atoms in total. The van der Waals surface area contributed by atoms with Crippen LogP contribution in [0.4, 0.5) is 26.3 Å². The van der Waals surface area contributed by atoms with Crippen molar-refractivity contribution in [2.45, 2.75) is 30.5 Å². The number of aromatic nitrogens is 2. The second kappa shape index (κ2) is 11.8. The molecule has 4 aromatic rings. The normalized spacial score (nSPS) is 17.3. The van der Waals surface area contributed by atoms with Crippen molar-refractivity contribution in [3.8, 4) is 22.8 Å². The summed E-state index contributed by atoms with van der Waals surface area (Å²) in [5.41, 5.74) is -6.96. The number of amides is 2. The summed E-state index contributed by atoms with van der Waals surface area (Å²) in [5, 5.41) is 15.8. The average molecular weight is 649 g/mol. The van der Waals surface area contributed by atoms with Crippen molar-refractivity contribution < 1.29 is 50.5 Å².